The van der Waals surface area contributed by atoms with Gasteiger partial charge in [0.05, 0.1) is 11.1 Å². The summed E-state index contributed by atoms with van der Waals surface area (Å²) < 4.78 is 34.1. The van der Waals surface area contributed by atoms with Gasteiger partial charge in [-0.2, -0.15) is 4.31 Å². The van der Waals surface area contributed by atoms with Crippen molar-refractivity contribution in [3.8, 4) is 10.6 Å². The normalized spacial score (nSPS) is 18.5. The molecule has 30 heavy (non-hydrogen) atoms. The molecule has 0 N–H and O–H groups in total. The fourth-order valence-electron chi connectivity index (χ4n) is 3.80. The highest BCUT2D eigenvalue weighted by atomic mass is 35.5. The molecule has 2 aromatic heterocycles. The van der Waals surface area contributed by atoms with Crippen molar-refractivity contribution in [3.63, 3.8) is 0 Å². The van der Waals surface area contributed by atoms with Crippen LogP contribution < -0.4 is 4.90 Å². The van der Waals surface area contributed by atoms with Gasteiger partial charge in [-0.25, -0.2) is 13.4 Å². The predicted molar refractivity (Wildman–Crippen MR) is 119 cm³/mol. The van der Waals surface area contributed by atoms with Gasteiger partial charge in [0.1, 0.15) is 4.21 Å². The standard InChI is InChI=1S/C21H22ClN3O3S2/c22-16-4-6-17(7-5-16)24-10-12-25(13-11-24)30(26,27)20-9-8-19(29-20)18-14-23-21(28-18)15-2-1-3-15/h4-9,14-15H,1-3,10-13H2. The van der Waals surface area contributed by atoms with E-state index in [0.29, 0.717) is 47.1 Å². The van der Waals surface area contributed by atoms with Gasteiger partial charge in [0.25, 0.3) is 10.0 Å². The Hall–Kier alpha value is -1.87. The number of piperazine rings is 1. The fourth-order valence-corrected chi connectivity index (χ4v) is 6.76. The van der Waals surface area contributed by atoms with Gasteiger partial charge in [0.15, 0.2) is 11.7 Å². The molecule has 1 aliphatic carbocycles. The molecule has 2 fully saturated rings. The summed E-state index contributed by atoms with van der Waals surface area (Å²) in [5, 5.41) is 0.694. The number of rotatable bonds is 5. The molecule has 6 nitrogen and oxygen atoms in total. The van der Waals surface area contributed by atoms with E-state index in [0.717, 1.165) is 29.3 Å². The van der Waals surface area contributed by atoms with Gasteiger partial charge in [0.2, 0.25) is 0 Å². The van der Waals surface area contributed by atoms with Crippen molar-refractivity contribution in [1.82, 2.24) is 9.29 Å². The van der Waals surface area contributed by atoms with Crippen LogP contribution in [-0.2, 0) is 10.0 Å². The van der Waals surface area contributed by atoms with Crippen molar-refractivity contribution in [2.75, 3.05) is 31.1 Å². The van der Waals surface area contributed by atoms with Crippen LogP contribution in [0.1, 0.15) is 31.1 Å². The molecule has 3 aromatic rings. The van der Waals surface area contributed by atoms with Crippen LogP contribution in [0.15, 0.2) is 51.2 Å². The topological polar surface area (TPSA) is 66.7 Å². The van der Waals surface area contributed by atoms with E-state index >= 15 is 0 Å². The van der Waals surface area contributed by atoms with E-state index in [1.54, 1.807) is 16.6 Å². The first-order valence-corrected chi connectivity index (χ1v) is 12.7. The van der Waals surface area contributed by atoms with Crippen LogP contribution in [0.25, 0.3) is 10.6 Å². The van der Waals surface area contributed by atoms with Crippen molar-refractivity contribution in [2.45, 2.75) is 29.4 Å². The molecule has 0 atom stereocenters. The third kappa shape index (κ3) is 3.77. The van der Waals surface area contributed by atoms with Gasteiger partial charge in [-0.05, 0) is 49.2 Å². The number of anilines is 1. The molecule has 1 saturated heterocycles. The Balaban J connectivity index is 1.28. The molecule has 3 heterocycles. The van der Waals surface area contributed by atoms with Gasteiger partial charge < -0.3 is 9.32 Å². The summed E-state index contributed by atoms with van der Waals surface area (Å²) >= 11 is 7.20. The maximum Gasteiger partial charge on any atom is 0.252 e. The first-order valence-electron chi connectivity index (χ1n) is 10.1. The van der Waals surface area contributed by atoms with Crippen LogP contribution in [-0.4, -0.2) is 43.9 Å². The largest absolute Gasteiger partial charge is 0.440 e. The zero-order chi connectivity index (χ0) is 20.7. The van der Waals surface area contributed by atoms with E-state index < -0.39 is 10.0 Å². The minimum atomic E-state index is -3.52. The average Bonchev–Trinajstić information content (AvgIpc) is 3.37. The molecule has 1 saturated carbocycles. The second-order valence-electron chi connectivity index (χ2n) is 7.68. The average molecular weight is 464 g/mol. The van der Waals surface area contributed by atoms with Gasteiger partial charge in [-0.1, -0.05) is 18.0 Å². The minimum absolute atomic E-state index is 0.346. The fraction of sp³-hybridized carbons (Fsp3) is 0.381. The Bertz CT molecular complexity index is 1130. The second kappa shape index (κ2) is 8.00. The Morgan fingerprint density at radius 3 is 2.43 bits per heavy atom. The predicted octanol–water partition coefficient (Wildman–Crippen LogP) is 4.83. The number of hydrogen-bond acceptors (Lipinski definition) is 6. The smallest absolute Gasteiger partial charge is 0.252 e. The maximum absolute atomic E-state index is 13.1. The van der Waals surface area contributed by atoms with Crippen molar-refractivity contribution in [2.24, 2.45) is 0 Å². The molecular formula is C21H22ClN3O3S2. The molecule has 9 heteroatoms. The van der Waals surface area contributed by atoms with Crippen molar-refractivity contribution < 1.29 is 12.8 Å². The van der Waals surface area contributed by atoms with Gasteiger partial charge in [-0.15, -0.1) is 11.3 Å². The van der Waals surface area contributed by atoms with Crippen LogP contribution in [0.2, 0.25) is 5.02 Å². The van der Waals surface area contributed by atoms with E-state index in [-0.39, 0.29) is 0 Å². The molecule has 0 amide bonds. The number of oxazole rings is 1. The summed E-state index contributed by atoms with van der Waals surface area (Å²) in [6.07, 6.45) is 5.16. The molecule has 2 aliphatic rings. The molecule has 5 rings (SSSR count). The minimum Gasteiger partial charge on any atom is -0.440 e. The molecular weight excluding hydrogens is 442 g/mol. The van der Waals surface area contributed by atoms with Crippen LogP contribution in [0.3, 0.4) is 0 Å². The first kappa shape index (κ1) is 20.1. The van der Waals surface area contributed by atoms with Crippen LogP contribution in [0.5, 0.6) is 0 Å². The molecule has 158 valence electrons. The number of benzene rings is 1. The Morgan fingerprint density at radius 1 is 1.03 bits per heavy atom. The van der Waals surface area contributed by atoms with E-state index in [1.165, 1.54) is 17.8 Å². The van der Waals surface area contributed by atoms with Crippen molar-refractivity contribution in [3.05, 3.63) is 53.5 Å². The van der Waals surface area contributed by atoms with Gasteiger partial charge >= 0.3 is 0 Å². The third-order valence-corrected chi connectivity index (χ3v) is 9.54. The lowest BCUT2D eigenvalue weighted by atomic mass is 9.85. The van der Waals surface area contributed by atoms with Gasteiger partial charge in [0, 0.05) is 42.8 Å². The number of nitrogens with zero attached hydrogens (tertiary/aromatic N) is 3. The van der Waals surface area contributed by atoms with E-state index in [1.807, 2.05) is 30.3 Å². The summed E-state index contributed by atoms with van der Waals surface area (Å²) in [4.78, 5) is 7.36. The molecule has 0 radical (unpaired) electrons. The number of thiophene rings is 1. The van der Waals surface area contributed by atoms with E-state index in [9.17, 15) is 8.42 Å². The molecule has 1 aromatic carbocycles. The van der Waals surface area contributed by atoms with Crippen molar-refractivity contribution >= 4 is 38.6 Å². The number of aromatic nitrogens is 1. The molecule has 0 unspecified atom stereocenters. The van der Waals surface area contributed by atoms with Crippen LogP contribution in [0.4, 0.5) is 5.69 Å². The molecule has 0 bridgehead atoms. The Morgan fingerprint density at radius 2 is 1.77 bits per heavy atom. The third-order valence-electron chi connectivity index (χ3n) is 5.83. The summed E-state index contributed by atoms with van der Waals surface area (Å²) in [7, 11) is -3.52. The van der Waals surface area contributed by atoms with Crippen LogP contribution >= 0.6 is 22.9 Å². The highest BCUT2D eigenvalue weighted by Crippen LogP contribution is 2.39. The quantitative estimate of drug-likeness (QED) is 0.541. The summed E-state index contributed by atoms with van der Waals surface area (Å²) in [5.74, 6) is 1.84. The monoisotopic (exact) mass is 463 g/mol. The number of halogens is 1. The maximum atomic E-state index is 13.1. The molecule has 0 spiro atoms. The van der Waals surface area contributed by atoms with Crippen LogP contribution in [0, 0.1) is 0 Å². The lowest BCUT2D eigenvalue weighted by Gasteiger charge is -2.35. The van der Waals surface area contributed by atoms with E-state index in [4.69, 9.17) is 16.0 Å². The lowest BCUT2D eigenvalue weighted by molar-refractivity contribution is 0.338. The highest BCUT2D eigenvalue weighted by Gasteiger charge is 2.30. The summed E-state index contributed by atoms with van der Waals surface area (Å²) in [5.41, 5.74) is 1.06. The number of hydrogen-bond donors (Lipinski definition) is 0. The Labute approximate surface area is 185 Å². The summed E-state index contributed by atoms with van der Waals surface area (Å²) in [6, 6.07) is 11.1. The molecule has 1 aliphatic heterocycles. The highest BCUT2D eigenvalue weighted by molar-refractivity contribution is 7.91. The zero-order valence-electron chi connectivity index (χ0n) is 16.3. The van der Waals surface area contributed by atoms with Gasteiger partial charge in [-0.3, -0.25) is 0 Å². The van der Waals surface area contributed by atoms with Crippen molar-refractivity contribution in [1.29, 1.82) is 0 Å². The lowest BCUT2D eigenvalue weighted by Crippen LogP contribution is -2.48. The second-order valence-corrected chi connectivity index (χ2v) is 11.4. The summed E-state index contributed by atoms with van der Waals surface area (Å²) in [6.45, 7) is 2.19. The Kier molecular flexibility index (Phi) is 5.35. The zero-order valence-corrected chi connectivity index (χ0v) is 18.7. The SMILES string of the molecule is O=S(=O)(c1ccc(-c2cnc(C3CCC3)o2)s1)N1CCN(c2ccc(Cl)cc2)CC1. The van der Waals surface area contributed by atoms with E-state index in [2.05, 4.69) is 9.88 Å². The first-order chi connectivity index (χ1) is 14.5. The number of sulfonamides is 1.